The third-order valence-corrected chi connectivity index (χ3v) is 4.02. The molecule has 2 heterocycles. The van der Waals surface area contributed by atoms with E-state index in [1.807, 2.05) is 0 Å². The van der Waals surface area contributed by atoms with E-state index in [-0.39, 0.29) is 16.8 Å². The van der Waals surface area contributed by atoms with E-state index in [4.69, 9.17) is 9.68 Å². The molecular formula is C14H8F2N4O2S. The number of carbonyl (C=O) groups is 1. The van der Waals surface area contributed by atoms with E-state index in [1.165, 1.54) is 22.7 Å². The van der Waals surface area contributed by atoms with E-state index in [0.717, 1.165) is 18.4 Å². The molecular weight excluding hydrogens is 326 g/mol. The van der Waals surface area contributed by atoms with Crippen molar-refractivity contribution in [2.24, 2.45) is 4.99 Å². The van der Waals surface area contributed by atoms with Crippen LogP contribution in [-0.4, -0.2) is 33.3 Å². The van der Waals surface area contributed by atoms with Crippen LogP contribution in [0.4, 0.5) is 8.78 Å². The second-order valence-electron chi connectivity index (χ2n) is 4.43. The van der Waals surface area contributed by atoms with Gasteiger partial charge in [0.25, 0.3) is 5.91 Å². The molecule has 1 amide bonds. The zero-order chi connectivity index (χ0) is 16.4. The summed E-state index contributed by atoms with van der Waals surface area (Å²) in [5, 5.41) is 8.87. The molecule has 1 saturated heterocycles. The number of benzene rings is 1. The summed E-state index contributed by atoms with van der Waals surface area (Å²) in [7, 11) is 0. The lowest BCUT2D eigenvalue weighted by molar-refractivity contribution is 0.0854. The molecule has 3 rings (SSSR count). The summed E-state index contributed by atoms with van der Waals surface area (Å²) < 4.78 is 32.5. The van der Waals surface area contributed by atoms with Gasteiger partial charge in [0.2, 0.25) is 12.1 Å². The molecule has 1 aliphatic heterocycles. The lowest BCUT2D eigenvalue weighted by atomic mass is 10.2. The Morgan fingerprint density at radius 3 is 2.87 bits per heavy atom. The van der Waals surface area contributed by atoms with Gasteiger partial charge in [-0.25, -0.2) is 13.8 Å². The molecule has 2 aromatic rings. The summed E-state index contributed by atoms with van der Waals surface area (Å²) in [6, 6.07) is 3.35. The number of rotatable bonds is 2. The highest BCUT2D eigenvalue weighted by Gasteiger charge is 2.29. The average Bonchev–Trinajstić information content (AvgIpc) is 3.16. The molecule has 23 heavy (non-hydrogen) atoms. The van der Waals surface area contributed by atoms with Gasteiger partial charge in [-0.05, 0) is 12.1 Å². The quantitative estimate of drug-likeness (QED) is 0.789. The summed E-state index contributed by atoms with van der Waals surface area (Å²) in [4.78, 5) is 21.0. The fourth-order valence-electron chi connectivity index (χ4n) is 2.05. The highest BCUT2D eigenvalue weighted by atomic mass is 32.2. The molecule has 6 nitrogen and oxygen atoms in total. The van der Waals surface area contributed by atoms with Crippen LogP contribution < -0.4 is 0 Å². The lowest BCUT2D eigenvalue weighted by Crippen LogP contribution is -2.31. The predicted molar refractivity (Wildman–Crippen MR) is 78.4 cm³/mol. The molecule has 1 aromatic carbocycles. The molecule has 0 radical (unpaired) electrons. The minimum Gasteiger partial charge on any atom is -0.443 e. The van der Waals surface area contributed by atoms with E-state index in [9.17, 15) is 13.6 Å². The van der Waals surface area contributed by atoms with Gasteiger partial charge in [0, 0.05) is 12.3 Å². The fourth-order valence-corrected chi connectivity index (χ4v) is 2.94. The number of carbonyl (C=O) groups excluding carboxylic acids is 1. The maximum atomic E-state index is 13.7. The maximum absolute atomic E-state index is 13.7. The van der Waals surface area contributed by atoms with Crippen molar-refractivity contribution in [2.75, 3.05) is 12.3 Å². The molecule has 116 valence electrons. The number of hydrogen-bond donors (Lipinski definition) is 0. The molecule has 0 aliphatic carbocycles. The first kappa shape index (κ1) is 15.2. The van der Waals surface area contributed by atoms with Crippen LogP contribution in [0.2, 0.25) is 0 Å². The van der Waals surface area contributed by atoms with Gasteiger partial charge in [0.05, 0.1) is 0 Å². The number of thioether (sulfide) groups is 1. The van der Waals surface area contributed by atoms with E-state index >= 15 is 0 Å². The van der Waals surface area contributed by atoms with Crippen molar-refractivity contribution in [3.63, 3.8) is 0 Å². The number of halogens is 2. The summed E-state index contributed by atoms with van der Waals surface area (Å²) in [6.07, 6.45) is 2.65. The molecule has 1 aromatic heterocycles. The normalized spacial score (nSPS) is 15.9. The Hall–Kier alpha value is -2.73. The molecule has 0 unspecified atom stereocenters. The number of amidine groups is 1. The third kappa shape index (κ3) is 2.80. The maximum Gasteiger partial charge on any atom is 0.281 e. The van der Waals surface area contributed by atoms with Crippen LogP contribution in [0.25, 0.3) is 11.5 Å². The van der Waals surface area contributed by atoms with Crippen molar-refractivity contribution in [2.45, 2.75) is 0 Å². The highest BCUT2D eigenvalue weighted by molar-refractivity contribution is 8.14. The Morgan fingerprint density at radius 1 is 1.43 bits per heavy atom. The third-order valence-electron chi connectivity index (χ3n) is 3.07. The van der Waals surface area contributed by atoms with Gasteiger partial charge in [-0.3, -0.25) is 9.69 Å². The van der Waals surface area contributed by atoms with Crippen molar-refractivity contribution >= 4 is 22.8 Å². The van der Waals surface area contributed by atoms with Crippen molar-refractivity contribution in [3.8, 4) is 17.6 Å². The van der Waals surface area contributed by atoms with Crippen LogP contribution in [0, 0.1) is 23.1 Å². The molecule has 9 heteroatoms. The Morgan fingerprint density at radius 2 is 2.17 bits per heavy atom. The molecule has 0 atom stereocenters. The molecule has 0 bridgehead atoms. The van der Waals surface area contributed by atoms with Gasteiger partial charge >= 0.3 is 0 Å². The van der Waals surface area contributed by atoms with Gasteiger partial charge in [0.15, 0.2) is 10.9 Å². The van der Waals surface area contributed by atoms with Gasteiger partial charge in [0.1, 0.15) is 23.5 Å². The van der Waals surface area contributed by atoms with Crippen LogP contribution in [-0.2, 0) is 0 Å². The number of hydrogen-bond acceptors (Lipinski definition) is 6. The summed E-state index contributed by atoms with van der Waals surface area (Å²) in [6.45, 7) is 0.361. The largest absolute Gasteiger partial charge is 0.443 e. The summed E-state index contributed by atoms with van der Waals surface area (Å²) in [5.41, 5.74) is -0.552. The van der Waals surface area contributed by atoms with Gasteiger partial charge < -0.3 is 4.42 Å². The van der Waals surface area contributed by atoms with Crippen LogP contribution in [0.3, 0.4) is 0 Å². The van der Waals surface area contributed by atoms with Crippen molar-refractivity contribution in [1.82, 2.24) is 9.88 Å². The molecule has 1 aliphatic rings. The van der Waals surface area contributed by atoms with E-state index < -0.39 is 23.1 Å². The number of oxazole rings is 1. The van der Waals surface area contributed by atoms with E-state index in [1.54, 1.807) is 6.19 Å². The second kappa shape index (κ2) is 6.18. The van der Waals surface area contributed by atoms with E-state index in [2.05, 4.69) is 9.98 Å². The van der Waals surface area contributed by atoms with Crippen molar-refractivity contribution in [1.29, 1.82) is 5.26 Å². The lowest BCUT2D eigenvalue weighted by Gasteiger charge is -2.12. The van der Waals surface area contributed by atoms with Crippen LogP contribution in [0.15, 0.2) is 33.9 Å². The number of aromatic nitrogens is 1. The SMILES string of the molecule is N#CN=C1SCCN1C(=O)c1coc(-c2c(F)cccc2F)n1. The van der Waals surface area contributed by atoms with Crippen molar-refractivity contribution in [3.05, 3.63) is 41.8 Å². The second-order valence-corrected chi connectivity index (χ2v) is 5.50. The van der Waals surface area contributed by atoms with Crippen LogP contribution in [0.1, 0.15) is 10.5 Å². The average molecular weight is 334 g/mol. The minimum atomic E-state index is -0.839. The monoisotopic (exact) mass is 334 g/mol. The van der Waals surface area contributed by atoms with Gasteiger partial charge in [-0.1, -0.05) is 17.8 Å². The number of aliphatic imine (C=N–C) groups is 1. The number of nitrogens with zero attached hydrogens (tertiary/aromatic N) is 4. The Labute approximate surface area is 133 Å². The molecule has 0 spiro atoms. The standard InChI is InChI=1S/C14H8F2N4O2S/c15-8-2-1-3-9(16)11(8)12-19-10(6-22-12)13(21)20-4-5-23-14(20)18-7-17/h1-3,6H,4-5H2. The fraction of sp³-hybridized carbons (Fsp3) is 0.143. The first-order valence-corrected chi connectivity index (χ1v) is 7.41. The van der Waals surface area contributed by atoms with Crippen LogP contribution >= 0.6 is 11.8 Å². The zero-order valence-electron chi connectivity index (χ0n) is 11.5. The zero-order valence-corrected chi connectivity index (χ0v) is 12.3. The number of amides is 1. The minimum absolute atomic E-state index is 0.115. The Kier molecular flexibility index (Phi) is 4.08. The van der Waals surface area contributed by atoms with Gasteiger partial charge in [-0.2, -0.15) is 5.26 Å². The highest BCUT2D eigenvalue weighted by Crippen LogP contribution is 2.26. The number of nitriles is 1. The first-order valence-electron chi connectivity index (χ1n) is 6.43. The first-order chi connectivity index (χ1) is 11.1. The molecule has 0 N–H and O–H groups in total. The van der Waals surface area contributed by atoms with Gasteiger partial charge in [-0.15, -0.1) is 4.99 Å². The Bertz CT molecular complexity index is 823. The Balaban J connectivity index is 1.92. The van der Waals surface area contributed by atoms with E-state index in [0.29, 0.717) is 12.3 Å². The summed E-state index contributed by atoms with van der Waals surface area (Å²) in [5.74, 6) is -1.95. The summed E-state index contributed by atoms with van der Waals surface area (Å²) >= 11 is 1.26. The van der Waals surface area contributed by atoms with Crippen LogP contribution in [0.5, 0.6) is 0 Å². The topological polar surface area (TPSA) is 82.5 Å². The predicted octanol–water partition coefficient (Wildman–Crippen LogP) is 2.65. The van der Waals surface area contributed by atoms with Crippen molar-refractivity contribution < 1.29 is 18.0 Å². The molecule has 0 saturated carbocycles. The smallest absolute Gasteiger partial charge is 0.281 e. The molecule has 1 fully saturated rings.